The van der Waals surface area contributed by atoms with Crippen LogP contribution >= 0.6 is 11.8 Å². The first-order valence-corrected chi connectivity index (χ1v) is 15.8. The Morgan fingerprint density at radius 2 is 1.76 bits per heavy atom. The summed E-state index contributed by atoms with van der Waals surface area (Å²) >= 11 is -0.277. The number of anilines is 1. The van der Waals surface area contributed by atoms with Crippen LogP contribution in [-0.4, -0.2) is 47.0 Å². The van der Waals surface area contributed by atoms with Crippen LogP contribution in [0, 0.1) is 12.3 Å². The smallest absolute Gasteiger partial charge is 0.434 e. The van der Waals surface area contributed by atoms with Crippen molar-refractivity contribution in [2.45, 2.75) is 73.8 Å². The summed E-state index contributed by atoms with van der Waals surface area (Å²) in [5, 5.41) is 4.98. The van der Waals surface area contributed by atoms with Crippen molar-refractivity contribution < 1.29 is 17.7 Å². The minimum Gasteiger partial charge on any atom is -0.598 e. The van der Waals surface area contributed by atoms with Gasteiger partial charge in [-0.1, -0.05) is 17.8 Å². The second-order valence-corrected chi connectivity index (χ2v) is 14.9. The maximum absolute atomic E-state index is 13.6. The number of nitrogens with one attached hydrogen (secondary N) is 1. The molecular formula is C29H32F3N7OS2. The predicted octanol–water partition coefficient (Wildman–Crippen LogP) is 5.93. The molecule has 4 aromatic heterocycles. The fraction of sp³-hybridized carbons (Fsp3) is 0.448. The lowest BCUT2D eigenvalue weighted by molar-refractivity contribution is -0.143. The third-order valence-electron chi connectivity index (χ3n) is 8.10. The van der Waals surface area contributed by atoms with Crippen LogP contribution in [0.2, 0.25) is 0 Å². The standard InChI is InChI=1S/C29H32F3N7OS2/c1-18-26(41-22-8-6-13-34-24(22)29(30,31)32)39-21(9-14-35-39)25(36-18)38-15-10-28(11-16-38)17-20-19(7-5-12-33-20)23(28)37-42(40)27(2,3)4/h5-9,12-14,23,37H,10-11,15-17H2,1-4H3/t23-,42?/m1/s1. The third-order valence-corrected chi connectivity index (χ3v) is 10.9. The number of hydrogen-bond donors (Lipinski definition) is 1. The lowest BCUT2D eigenvalue weighted by Crippen LogP contribution is -2.50. The molecule has 1 aliphatic carbocycles. The molecule has 42 heavy (non-hydrogen) atoms. The Balaban J connectivity index is 1.28. The van der Waals surface area contributed by atoms with E-state index < -0.39 is 28.0 Å². The van der Waals surface area contributed by atoms with Gasteiger partial charge in [0, 0.05) is 52.8 Å². The monoisotopic (exact) mass is 615 g/mol. The molecule has 2 aliphatic rings. The van der Waals surface area contributed by atoms with Crippen molar-refractivity contribution >= 4 is 34.5 Å². The topological polar surface area (TPSA) is 94.3 Å². The van der Waals surface area contributed by atoms with E-state index in [9.17, 15) is 17.7 Å². The van der Waals surface area contributed by atoms with E-state index in [0.29, 0.717) is 10.7 Å². The number of piperidine rings is 1. The number of fused-ring (bicyclic) bond motifs is 2. The van der Waals surface area contributed by atoms with Crippen LogP contribution in [0.25, 0.3) is 5.52 Å². The molecule has 1 spiro atoms. The Kier molecular flexibility index (Phi) is 7.43. The second-order valence-electron chi connectivity index (χ2n) is 11.9. The van der Waals surface area contributed by atoms with E-state index in [4.69, 9.17) is 4.98 Å². The normalized spacial score (nSPS) is 19.4. The van der Waals surface area contributed by atoms with Crippen LogP contribution < -0.4 is 9.62 Å². The SMILES string of the molecule is Cc1nc(N2CCC3(CC2)Cc2ncccc2[C@H]3N[S+]([O-])C(C)(C)C)c2ccnn2c1Sc1cccnc1C(F)(F)F. The number of alkyl halides is 3. The van der Waals surface area contributed by atoms with Gasteiger partial charge in [0.15, 0.2) is 11.5 Å². The van der Waals surface area contributed by atoms with Gasteiger partial charge in [0.25, 0.3) is 0 Å². The molecule has 0 saturated carbocycles. The zero-order valence-corrected chi connectivity index (χ0v) is 25.4. The summed E-state index contributed by atoms with van der Waals surface area (Å²) in [6.45, 7) is 9.13. The Bertz CT molecular complexity index is 1610. The Morgan fingerprint density at radius 3 is 2.48 bits per heavy atom. The van der Waals surface area contributed by atoms with E-state index in [1.54, 1.807) is 17.6 Å². The summed E-state index contributed by atoms with van der Waals surface area (Å²) in [6.07, 6.45) is 2.52. The van der Waals surface area contributed by atoms with Gasteiger partial charge in [-0.25, -0.2) is 9.50 Å². The largest absolute Gasteiger partial charge is 0.598 e. The number of nitrogens with zero attached hydrogens (tertiary/aromatic N) is 6. The van der Waals surface area contributed by atoms with Gasteiger partial charge in [0.2, 0.25) is 0 Å². The van der Waals surface area contributed by atoms with Gasteiger partial charge < -0.3 is 9.45 Å². The fourth-order valence-corrected chi connectivity index (χ4v) is 7.91. The van der Waals surface area contributed by atoms with Gasteiger partial charge in [-0.2, -0.15) is 18.3 Å². The highest BCUT2D eigenvalue weighted by atomic mass is 32.2. The van der Waals surface area contributed by atoms with E-state index in [1.165, 1.54) is 12.1 Å². The van der Waals surface area contributed by atoms with E-state index in [1.807, 2.05) is 39.1 Å². The highest BCUT2D eigenvalue weighted by molar-refractivity contribution is 7.99. The van der Waals surface area contributed by atoms with E-state index in [2.05, 4.69) is 30.8 Å². The lowest BCUT2D eigenvalue weighted by atomic mass is 9.73. The Labute approximate surface area is 249 Å². The number of hydrogen-bond acceptors (Lipinski definition) is 8. The predicted molar refractivity (Wildman–Crippen MR) is 157 cm³/mol. The van der Waals surface area contributed by atoms with Crippen LogP contribution in [0.15, 0.2) is 58.8 Å². The van der Waals surface area contributed by atoms with Crippen molar-refractivity contribution in [1.82, 2.24) is 29.3 Å². The molecule has 2 atom stereocenters. The molecule has 1 saturated heterocycles. The molecule has 0 aromatic carbocycles. The van der Waals surface area contributed by atoms with Crippen molar-refractivity contribution in [2.75, 3.05) is 18.0 Å². The summed E-state index contributed by atoms with van der Waals surface area (Å²) in [7, 11) is 0. The van der Waals surface area contributed by atoms with Crippen molar-refractivity contribution in [3.8, 4) is 0 Å². The Morgan fingerprint density at radius 1 is 1.05 bits per heavy atom. The van der Waals surface area contributed by atoms with Gasteiger partial charge in [-0.15, -0.1) is 4.72 Å². The van der Waals surface area contributed by atoms with Crippen molar-refractivity contribution in [1.29, 1.82) is 0 Å². The number of aromatic nitrogens is 5. The van der Waals surface area contributed by atoms with Gasteiger partial charge in [-0.3, -0.25) is 9.97 Å². The molecule has 0 amide bonds. The summed E-state index contributed by atoms with van der Waals surface area (Å²) in [5.41, 5.74) is 2.42. The van der Waals surface area contributed by atoms with E-state index >= 15 is 0 Å². The van der Waals surface area contributed by atoms with E-state index in [0.717, 1.165) is 72.9 Å². The molecule has 1 N–H and O–H groups in total. The Hall–Kier alpha value is -2.87. The maximum atomic E-state index is 13.6. The molecule has 4 aromatic rings. The second kappa shape index (κ2) is 10.7. The van der Waals surface area contributed by atoms with Gasteiger partial charge in [0.05, 0.1) is 17.9 Å². The quantitative estimate of drug-likeness (QED) is 0.276. The maximum Gasteiger partial charge on any atom is 0.434 e. The van der Waals surface area contributed by atoms with Crippen LogP contribution in [0.4, 0.5) is 19.0 Å². The van der Waals surface area contributed by atoms with Crippen LogP contribution in [0.3, 0.4) is 0 Å². The molecule has 5 heterocycles. The molecule has 8 nitrogen and oxygen atoms in total. The van der Waals surface area contributed by atoms with Gasteiger partial charge in [0.1, 0.15) is 15.3 Å². The van der Waals surface area contributed by atoms with Gasteiger partial charge >= 0.3 is 6.18 Å². The molecule has 1 unspecified atom stereocenters. The molecule has 6 rings (SSSR count). The summed E-state index contributed by atoms with van der Waals surface area (Å²) in [6, 6.07) is 8.70. The van der Waals surface area contributed by atoms with Crippen molar-refractivity contribution in [2.24, 2.45) is 5.41 Å². The van der Waals surface area contributed by atoms with Crippen LogP contribution in [0.1, 0.15) is 62.3 Å². The highest BCUT2D eigenvalue weighted by Crippen LogP contribution is 2.52. The molecule has 1 fully saturated rings. The van der Waals surface area contributed by atoms with Crippen molar-refractivity contribution in [3.05, 3.63) is 71.6 Å². The third kappa shape index (κ3) is 5.24. The molecule has 0 radical (unpaired) electrons. The molecule has 0 bridgehead atoms. The number of aryl methyl sites for hydroxylation is 1. The first-order valence-electron chi connectivity index (χ1n) is 13.8. The molecule has 13 heteroatoms. The molecule has 1 aliphatic heterocycles. The fourth-order valence-electron chi connectivity index (χ4n) is 5.92. The average Bonchev–Trinajstić information content (AvgIpc) is 3.53. The number of halogens is 3. The lowest BCUT2D eigenvalue weighted by Gasteiger charge is -2.44. The van der Waals surface area contributed by atoms with Crippen LogP contribution in [-0.2, 0) is 24.0 Å². The zero-order chi connectivity index (χ0) is 29.9. The average molecular weight is 616 g/mol. The number of rotatable bonds is 5. The zero-order valence-electron chi connectivity index (χ0n) is 23.8. The van der Waals surface area contributed by atoms with Crippen LogP contribution in [0.5, 0.6) is 0 Å². The number of pyridine rings is 2. The molecule has 222 valence electrons. The van der Waals surface area contributed by atoms with Crippen molar-refractivity contribution in [3.63, 3.8) is 0 Å². The highest BCUT2D eigenvalue weighted by Gasteiger charge is 2.51. The van der Waals surface area contributed by atoms with E-state index in [-0.39, 0.29) is 16.4 Å². The molecular weight excluding hydrogens is 583 g/mol. The first kappa shape index (κ1) is 29.2. The summed E-state index contributed by atoms with van der Waals surface area (Å²) in [4.78, 5) is 15.4. The van der Waals surface area contributed by atoms with Gasteiger partial charge in [-0.05, 0) is 76.8 Å². The first-order chi connectivity index (χ1) is 19.9. The minimum absolute atomic E-state index is 0.0000376. The summed E-state index contributed by atoms with van der Waals surface area (Å²) in [5.74, 6) is 0.753. The summed E-state index contributed by atoms with van der Waals surface area (Å²) < 4.78 is 58.9. The minimum atomic E-state index is -4.57.